The molecule has 4 atom stereocenters. The maximum absolute atomic E-state index is 13.9. The molecule has 0 bridgehead atoms. The number of hydrogen-bond acceptors (Lipinski definition) is 6. The Morgan fingerprint density at radius 1 is 0.971 bits per heavy atom. The zero-order valence-electron chi connectivity index (χ0n) is 17.8. The summed E-state index contributed by atoms with van der Waals surface area (Å²) in [5.41, 5.74) is 4.73. The first-order valence-corrected chi connectivity index (χ1v) is 11.9. The number of fused-ring (bicyclic) bond motifs is 2. The molecule has 0 amide bonds. The predicted octanol–water partition coefficient (Wildman–Crippen LogP) is 5.31. The van der Waals surface area contributed by atoms with Gasteiger partial charge >= 0.3 is 0 Å². The number of pyridine rings is 1. The zero-order valence-corrected chi connectivity index (χ0v) is 19.4. The second-order valence-electron chi connectivity index (χ2n) is 8.33. The smallest absolute Gasteiger partial charge is 0.209 e. The molecule has 174 valence electrons. The third-order valence-electron chi connectivity index (χ3n) is 6.25. The van der Waals surface area contributed by atoms with Gasteiger partial charge in [0.2, 0.25) is 5.88 Å². The number of benzene rings is 2. The zero-order chi connectivity index (χ0) is 23.2. The molecular weight excluding hydrogens is 479 g/mol. The molecule has 2 aliphatic heterocycles. The van der Waals surface area contributed by atoms with E-state index in [1.54, 1.807) is 12.1 Å². The molecule has 2 saturated heterocycles. The lowest BCUT2D eigenvalue weighted by atomic mass is 10.0. The van der Waals surface area contributed by atoms with E-state index >= 15 is 0 Å². The highest BCUT2D eigenvalue weighted by molar-refractivity contribution is 7.93. The molecule has 0 spiro atoms. The van der Waals surface area contributed by atoms with Crippen molar-refractivity contribution in [2.24, 2.45) is 0 Å². The highest BCUT2D eigenvalue weighted by Crippen LogP contribution is 2.38. The minimum atomic E-state index is -0.684. The first kappa shape index (κ1) is 21.9. The SMILES string of the molecule is OC1COC2C(Oc3cc4nc(-c5ccc(-c6ccccc6)cc5)c(Cl)cc4n3SF)COC12. The molecule has 2 fully saturated rings. The molecule has 0 aliphatic carbocycles. The van der Waals surface area contributed by atoms with Crippen LogP contribution in [0.5, 0.6) is 5.88 Å². The molecule has 2 aromatic heterocycles. The van der Waals surface area contributed by atoms with E-state index in [2.05, 4.69) is 12.1 Å². The van der Waals surface area contributed by atoms with Crippen LogP contribution in [0.15, 0.2) is 66.7 Å². The lowest BCUT2D eigenvalue weighted by Crippen LogP contribution is -2.34. The van der Waals surface area contributed by atoms with E-state index < -0.39 is 24.4 Å². The number of nitrogens with zero attached hydrogens (tertiary/aromatic N) is 2. The van der Waals surface area contributed by atoms with Gasteiger partial charge in [-0.05, 0) is 17.2 Å². The van der Waals surface area contributed by atoms with Crippen LogP contribution in [0.25, 0.3) is 33.4 Å². The summed E-state index contributed by atoms with van der Waals surface area (Å²) in [6.45, 7) is 0.442. The standard InChI is InChI=1S/C25H20ClFN2O4S/c26-17-10-19-18(28-23(17)16-8-6-15(7-9-16)14-4-2-1-3-5-14)11-22(29(19)34-27)33-21-13-32-24-20(30)12-31-25(21)24/h1-11,20-21,24-25,30H,12-13H2. The Morgan fingerprint density at radius 2 is 1.68 bits per heavy atom. The Balaban J connectivity index is 1.32. The maximum Gasteiger partial charge on any atom is 0.209 e. The summed E-state index contributed by atoms with van der Waals surface area (Å²) in [6.07, 6.45) is -1.98. The first-order valence-electron chi connectivity index (χ1n) is 10.9. The van der Waals surface area contributed by atoms with Gasteiger partial charge in [0.25, 0.3) is 0 Å². The van der Waals surface area contributed by atoms with Gasteiger partial charge in [0, 0.05) is 11.6 Å². The molecule has 0 radical (unpaired) electrons. The van der Waals surface area contributed by atoms with E-state index in [4.69, 9.17) is 30.8 Å². The van der Waals surface area contributed by atoms with E-state index in [9.17, 15) is 8.99 Å². The number of halogens is 2. The second kappa shape index (κ2) is 8.87. The van der Waals surface area contributed by atoms with Gasteiger partial charge in [-0.3, -0.25) is 0 Å². The predicted molar refractivity (Wildman–Crippen MR) is 130 cm³/mol. The Labute approximate surface area is 204 Å². The molecule has 1 N–H and O–H groups in total. The number of ether oxygens (including phenoxy) is 3. The monoisotopic (exact) mass is 498 g/mol. The van der Waals surface area contributed by atoms with Gasteiger partial charge < -0.3 is 19.3 Å². The van der Waals surface area contributed by atoms with Crippen LogP contribution in [-0.4, -0.2) is 51.7 Å². The summed E-state index contributed by atoms with van der Waals surface area (Å²) in [6, 6.07) is 21.5. The molecule has 34 heavy (non-hydrogen) atoms. The third-order valence-corrected chi connectivity index (χ3v) is 7.05. The summed E-state index contributed by atoms with van der Waals surface area (Å²) < 4.78 is 32.5. The quantitative estimate of drug-likeness (QED) is 0.402. The molecule has 4 aromatic rings. The molecule has 6 nitrogen and oxygen atoms in total. The van der Waals surface area contributed by atoms with Crippen molar-refractivity contribution in [1.29, 1.82) is 0 Å². The molecule has 6 rings (SSSR count). The molecule has 4 unspecified atom stereocenters. The van der Waals surface area contributed by atoms with Crippen LogP contribution in [0.4, 0.5) is 3.89 Å². The number of rotatable bonds is 5. The lowest BCUT2D eigenvalue weighted by Gasteiger charge is -2.17. The number of hydrogen-bond donors (Lipinski definition) is 1. The fourth-order valence-electron chi connectivity index (χ4n) is 4.56. The van der Waals surface area contributed by atoms with Gasteiger partial charge in [0.1, 0.15) is 18.3 Å². The van der Waals surface area contributed by atoms with Crippen molar-refractivity contribution in [2.45, 2.75) is 24.4 Å². The average Bonchev–Trinajstić information content (AvgIpc) is 3.54. The summed E-state index contributed by atoms with van der Waals surface area (Å²) in [5, 5.41) is 10.4. The highest BCUT2D eigenvalue weighted by atomic mass is 35.5. The van der Waals surface area contributed by atoms with Crippen molar-refractivity contribution in [3.63, 3.8) is 0 Å². The maximum atomic E-state index is 13.9. The minimum absolute atomic E-state index is 0.0127. The molecule has 2 aromatic carbocycles. The van der Waals surface area contributed by atoms with Gasteiger partial charge in [-0.1, -0.05) is 66.2 Å². The van der Waals surface area contributed by atoms with Gasteiger partial charge in [-0.15, -0.1) is 3.89 Å². The topological polar surface area (TPSA) is 65.7 Å². The number of aliphatic hydroxyl groups is 1. The second-order valence-corrected chi connectivity index (χ2v) is 9.24. The van der Waals surface area contributed by atoms with E-state index in [1.165, 1.54) is 3.97 Å². The van der Waals surface area contributed by atoms with Crippen molar-refractivity contribution in [3.8, 4) is 28.3 Å². The Bertz CT molecular complexity index is 1330. The van der Waals surface area contributed by atoms with Crippen molar-refractivity contribution >= 4 is 35.0 Å². The van der Waals surface area contributed by atoms with Crippen LogP contribution >= 0.6 is 23.9 Å². The van der Waals surface area contributed by atoms with Gasteiger partial charge in [0.15, 0.2) is 18.4 Å². The summed E-state index contributed by atoms with van der Waals surface area (Å²) in [4.78, 5) is 4.71. The highest BCUT2D eigenvalue weighted by Gasteiger charge is 2.48. The molecule has 2 aliphatic rings. The van der Waals surface area contributed by atoms with Crippen LogP contribution in [0.1, 0.15) is 0 Å². The van der Waals surface area contributed by atoms with Gasteiger partial charge in [-0.25, -0.2) is 8.96 Å². The van der Waals surface area contributed by atoms with E-state index in [0.717, 1.165) is 16.7 Å². The molecule has 0 saturated carbocycles. The molecule has 4 heterocycles. The van der Waals surface area contributed by atoms with Crippen molar-refractivity contribution < 1.29 is 23.2 Å². The largest absolute Gasteiger partial charge is 0.469 e. The van der Waals surface area contributed by atoms with Crippen LogP contribution in [0.2, 0.25) is 5.02 Å². The fraction of sp³-hybridized carbons (Fsp3) is 0.240. The van der Waals surface area contributed by atoms with Gasteiger partial charge in [0.05, 0.1) is 35.0 Å². The Hall–Kier alpha value is -2.62. The first-order chi connectivity index (χ1) is 16.6. The van der Waals surface area contributed by atoms with E-state index in [0.29, 0.717) is 21.7 Å². The van der Waals surface area contributed by atoms with Crippen molar-refractivity contribution in [3.05, 3.63) is 71.8 Å². The van der Waals surface area contributed by atoms with Gasteiger partial charge in [-0.2, -0.15) is 0 Å². The summed E-state index contributed by atoms with van der Waals surface area (Å²) in [7, 11) is 0. The Morgan fingerprint density at radius 3 is 2.44 bits per heavy atom. The van der Waals surface area contributed by atoms with Crippen molar-refractivity contribution in [2.75, 3.05) is 13.2 Å². The third kappa shape index (κ3) is 3.76. The Kier molecular flexibility index (Phi) is 5.71. The van der Waals surface area contributed by atoms with E-state index in [1.807, 2.05) is 42.5 Å². The molecule has 9 heteroatoms. The summed E-state index contributed by atoms with van der Waals surface area (Å²) >= 11 is 6.59. The number of aromatic nitrogens is 2. The van der Waals surface area contributed by atoms with Crippen LogP contribution < -0.4 is 4.74 Å². The number of aliphatic hydroxyl groups excluding tert-OH is 1. The van der Waals surface area contributed by atoms with E-state index in [-0.39, 0.29) is 31.4 Å². The average molecular weight is 499 g/mol. The van der Waals surface area contributed by atoms with Crippen LogP contribution in [0.3, 0.4) is 0 Å². The van der Waals surface area contributed by atoms with Crippen molar-refractivity contribution in [1.82, 2.24) is 8.96 Å². The summed E-state index contributed by atoms with van der Waals surface area (Å²) in [5.74, 6) is 0.280. The normalized spacial score (nSPS) is 24.0. The fourth-order valence-corrected chi connectivity index (χ4v) is 5.20. The van der Waals surface area contributed by atoms with Crippen LogP contribution in [-0.2, 0) is 9.47 Å². The molecular formula is C25H20ClFN2O4S. The van der Waals surface area contributed by atoms with Crippen LogP contribution in [0, 0.1) is 0 Å². The minimum Gasteiger partial charge on any atom is -0.469 e. The lowest BCUT2D eigenvalue weighted by molar-refractivity contribution is 0.00776.